The van der Waals surface area contributed by atoms with Gasteiger partial charge in [-0.15, -0.1) is 0 Å². The molecule has 2 aromatic rings. The van der Waals surface area contributed by atoms with Crippen LogP contribution in [0.25, 0.3) is 11.4 Å². The molecule has 128 valence electrons. The quantitative estimate of drug-likeness (QED) is 0.828. The van der Waals surface area contributed by atoms with Crippen molar-refractivity contribution in [1.82, 2.24) is 14.8 Å². The number of quaternary nitrogens is 1. The number of alkyl halides is 3. The SMILES string of the molecule is C.Cc1cc(C(F)(F)F)c(C)nc1-c1nn(C)c([NH+]([O-])O)c1C. The summed E-state index contributed by atoms with van der Waals surface area (Å²) in [5, 5.41) is 23.3. The van der Waals surface area contributed by atoms with Gasteiger partial charge in [-0.05, 0) is 32.4 Å². The Morgan fingerprint density at radius 3 is 2.22 bits per heavy atom. The van der Waals surface area contributed by atoms with E-state index in [0.717, 1.165) is 6.07 Å². The number of nitrogens with zero attached hydrogens (tertiary/aromatic N) is 3. The molecule has 0 aliphatic rings. The third kappa shape index (κ3) is 3.36. The Kier molecular flexibility index (Phi) is 5.20. The van der Waals surface area contributed by atoms with Gasteiger partial charge in [-0.1, -0.05) is 7.43 Å². The third-order valence-electron chi connectivity index (χ3n) is 3.42. The van der Waals surface area contributed by atoms with Crippen molar-refractivity contribution in [1.29, 1.82) is 0 Å². The molecule has 1 atom stereocenters. The molecule has 2 rings (SSSR count). The van der Waals surface area contributed by atoms with E-state index in [4.69, 9.17) is 5.21 Å². The monoisotopic (exact) mass is 332 g/mol. The van der Waals surface area contributed by atoms with E-state index in [-0.39, 0.29) is 35.9 Å². The molecule has 6 nitrogen and oxygen atoms in total. The second kappa shape index (κ2) is 6.26. The zero-order valence-corrected chi connectivity index (χ0v) is 12.4. The first-order valence-corrected chi connectivity index (χ1v) is 6.36. The van der Waals surface area contributed by atoms with Crippen molar-refractivity contribution in [3.8, 4) is 11.4 Å². The summed E-state index contributed by atoms with van der Waals surface area (Å²) in [4.78, 5) is 4.00. The van der Waals surface area contributed by atoms with E-state index in [9.17, 15) is 18.4 Å². The van der Waals surface area contributed by atoms with Gasteiger partial charge in [0.15, 0.2) is 0 Å². The van der Waals surface area contributed by atoms with Crippen LogP contribution < -0.4 is 5.23 Å². The molecule has 2 aromatic heterocycles. The molecule has 23 heavy (non-hydrogen) atoms. The maximum atomic E-state index is 12.9. The van der Waals surface area contributed by atoms with E-state index in [1.807, 2.05) is 0 Å². The highest BCUT2D eigenvalue weighted by Gasteiger charge is 2.34. The van der Waals surface area contributed by atoms with E-state index in [2.05, 4.69) is 10.1 Å². The Hall–Kier alpha value is -1.97. The van der Waals surface area contributed by atoms with E-state index < -0.39 is 17.0 Å². The van der Waals surface area contributed by atoms with Crippen molar-refractivity contribution in [2.24, 2.45) is 7.05 Å². The van der Waals surface area contributed by atoms with Gasteiger partial charge < -0.3 is 5.21 Å². The van der Waals surface area contributed by atoms with Gasteiger partial charge in [0.05, 0.1) is 22.5 Å². The Balaban J connectivity index is 0.00000264. The summed E-state index contributed by atoms with van der Waals surface area (Å²) in [6.07, 6.45) is -4.48. The third-order valence-corrected chi connectivity index (χ3v) is 3.42. The van der Waals surface area contributed by atoms with Crippen molar-refractivity contribution in [3.63, 3.8) is 0 Å². The standard InChI is InChI=1S/C13H15F3N4O2.CH4/c1-6-5-9(13(14,15)16)8(3)17-10(6)11-7(2)12(20(21)22)19(4)18-11;/h5,20-21H,1-4H3;1H4. The van der Waals surface area contributed by atoms with Gasteiger partial charge in [0.1, 0.15) is 5.69 Å². The second-order valence-electron chi connectivity index (χ2n) is 5.04. The fourth-order valence-electron chi connectivity index (χ4n) is 2.39. The highest BCUT2D eigenvalue weighted by Crippen LogP contribution is 2.35. The average molecular weight is 332 g/mol. The molecule has 0 saturated carbocycles. The van der Waals surface area contributed by atoms with Gasteiger partial charge in [-0.25, -0.2) is 9.89 Å². The van der Waals surface area contributed by atoms with Gasteiger partial charge in [-0.3, -0.25) is 4.98 Å². The van der Waals surface area contributed by atoms with Gasteiger partial charge in [0, 0.05) is 7.05 Å². The summed E-state index contributed by atoms with van der Waals surface area (Å²) in [7, 11) is 1.46. The zero-order valence-electron chi connectivity index (χ0n) is 12.4. The minimum absolute atomic E-state index is 0. The first-order valence-electron chi connectivity index (χ1n) is 6.36. The second-order valence-corrected chi connectivity index (χ2v) is 5.04. The number of nitrogens with one attached hydrogen (secondary N) is 1. The van der Waals surface area contributed by atoms with Crippen LogP contribution in [0.15, 0.2) is 6.07 Å². The minimum Gasteiger partial charge on any atom is -0.594 e. The Labute approximate surface area is 131 Å². The molecular formula is C14H19F3N4O2. The molecule has 0 aliphatic heterocycles. The van der Waals surface area contributed by atoms with Crippen molar-refractivity contribution in [2.75, 3.05) is 0 Å². The minimum atomic E-state index is -4.48. The molecule has 0 aromatic carbocycles. The van der Waals surface area contributed by atoms with Crippen molar-refractivity contribution in [2.45, 2.75) is 34.4 Å². The smallest absolute Gasteiger partial charge is 0.418 e. The number of halogens is 3. The van der Waals surface area contributed by atoms with Crippen LogP contribution >= 0.6 is 0 Å². The number of aromatic nitrogens is 3. The molecule has 0 bridgehead atoms. The molecule has 0 spiro atoms. The molecule has 9 heteroatoms. The lowest BCUT2D eigenvalue weighted by Gasteiger charge is -2.13. The number of aryl methyl sites for hydroxylation is 3. The topological polar surface area (TPSA) is 78.4 Å². The zero-order chi connectivity index (χ0) is 16.8. The fourth-order valence-corrected chi connectivity index (χ4v) is 2.39. The lowest BCUT2D eigenvalue weighted by molar-refractivity contribution is -0.994. The lowest BCUT2D eigenvalue weighted by atomic mass is 10.0. The molecular weight excluding hydrogens is 313 g/mol. The van der Waals surface area contributed by atoms with Gasteiger partial charge >= 0.3 is 6.18 Å². The van der Waals surface area contributed by atoms with E-state index in [1.54, 1.807) is 6.92 Å². The van der Waals surface area contributed by atoms with E-state index in [0.29, 0.717) is 5.56 Å². The predicted molar refractivity (Wildman–Crippen MR) is 78.2 cm³/mol. The van der Waals surface area contributed by atoms with Gasteiger partial charge in [0.2, 0.25) is 0 Å². The maximum Gasteiger partial charge on any atom is 0.418 e. The van der Waals surface area contributed by atoms with Crippen molar-refractivity contribution >= 4 is 5.82 Å². The lowest BCUT2D eigenvalue weighted by Crippen LogP contribution is -3.00. The summed E-state index contributed by atoms with van der Waals surface area (Å²) in [6, 6.07) is 1.01. The Morgan fingerprint density at radius 2 is 1.78 bits per heavy atom. The van der Waals surface area contributed by atoms with Crippen LogP contribution in [0.1, 0.15) is 29.8 Å². The van der Waals surface area contributed by atoms with Gasteiger partial charge in [0.25, 0.3) is 5.82 Å². The summed E-state index contributed by atoms with van der Waals surface area (Å²) in [5.41, 5.74) is 0.206. The highest BCUT2D eigenvalue weighted by atomic mass is 19.4. The molecule has 0 radical (unpaired) electrons. The highest BCUT2D eigenvalue weighted by molar-refractivity contribution is 5.66. The van der Waals surface area contributed by atoms with Crippen LogP contribution in [-0.2, 0) is 13.2 Å². The first-order chi connectivity index (χ1) is 10.0. The number of pyridine rings is 1. The predicted octanol–water partition coefficient (Wildman–Crippen LogP) is 2.47. The van der Waals surface area contributed by atoms with E-state index in [1.165, 1.54) is 25.6 Å². The Bertz CT molecular complexity index is 724. The largest absolute Gasteiger partial charge is 0.594 e. The summed E-state index contributed by atoms with van der Waals surface area (Å²) in [6.45, 7) is 4.31. The summed E-state index contributed by atoms with van der Waals surface area (Å²) >= 11 is 0. The first kappa shape index (κ1) is 19.1. The molecule has 2 heterocycles. The number of rotatable bonds is 2. The molecule has 0 fully saturated rings. The summed E-state index contributed by atoms with van der Waals surface area (Å²) < 4.78 is 39.8. The van der Waals surface area contributed by atoms with Gasteiger partial charge in [-0.2, -0.15) is 23.5 Å². The molecule has 2 N–H and O–H groups in total. The van der Waals surface area contributed by atoms with Crippen LogP contribution in [0.4, 0.5) is 19.0 Å². The molecule has 0 amide bonds. The Morgan fingerprint density at radius 1 is 1.22 bits per heavy atom. The van der Waals surface area contributed by atoms with Crippen LogP contribution in [0.2, 0.25) is 0 Å². The maximum absolute atomic E-state index is 12.9. The van der Waals surface area contributed by atoms with Crippen LogP contribution in [0.5, 0.6) is 0 Å². The summed E-state index contributed by atoms with van der Waals surface area (Å²) in [5.74, 6) is -0.0197. The molecule has 0 aliphatic carbocycles. The normalized spacial score (nSPS) is 12.9. The average Bonchev–Trinajstić information content (AvgIpc) is 2.65. The number of hydrogen-bond acceptors (Lipinski definition) is 4. The van der Waals surface area contributed by atoms with Crippen molar-refractivity contribution in [3.05, 3.63) is 33.7 Å². The van der Waals surface area contributed by atoms with E-state index >= 15 is 0 Å². The van der Waals surface area contributed by atoms with Crippen LogP contribution in [0.3, 0.4) is 0 Å². The fraction of sp³-hybridized carbons (Fsp3) is 0.429. The molecule has 1 unspecified atom stereocenters. The van der Waals surface area contributed by atoms with Crippen LogP contribution in [-0.4, -0.2) is 20.0 Å². The van der Waals surface area contributed by atoms with Crippen LogP contribution in [0, 0.1) is 26.0 Å². The number of hydrogen-bond donors (Lipinski definition) is 2. The molecule has 0 saturated heterocycles. The van der Waals surface area contributed by atoms with Crippen molar-refractivity contribution < 1.29 is 23.6 Å².